The molecule has 0 atom stereocenters. The van der Waals surface area contributed by atoms with Crippen LogP contribution in [0.4, 0.5) is 4.39 Å². The maximum atomic E-state index is 13.0. The molecule has 0 aliphatic carbocycles. The van der Waals surface area contributed by atoms with Crippen LogP contribution >= 0.6 is 0 Å². The van der Waals surface area contributed by atoms with E-state index in [2.05, 4.69) is 0 Å². The second-order valence-corrected chi connectivity index (χ2v) is 2.89. The number of rotatable bonds is 3. The smallest absolute Gasteiger partial charge is 0.150 e. The molecule has 0 bridgehead atoms. The molecule has 2 nitrogen and oxygen atoms in total. The zero-order valence-corrected chi connectivity index (χ0v) is 7.38. The molecule has 0 spiro atoms. The van der Waals surface area contributed by atoms with E-state index >= 15 is 0 Å². The number of aliphatic hydroxyl groups is 1. The van der Waals surface area contributed by atoms with Gasteiger partial charge in [-0.15, -0.1) is 0 Å². The molecule has 70 valence electrons. The van der Waals surface area contributed by atoms with E-state index in [1.54, 1.807) is 13.0 Å². The predicted octanol–water partition coefficient (Wildman–Crippen LogP) is 1.48. The van der Waals surface area contributed by atoms with Crippen LogP contribution in [0, 0.1) is 12.7 Å². The molecule has 0 saturated carbocycles. The summed E-state index contributed by atoms with van der Waals surface area (Å²) in [4.78, 5) is 10.5. The van der Waals surface area contributed by atoms with Gasteiger partial charge in [-0.2, -0.15) is 0 Å². The van der Waals surface area contributed by atoms with E-state index in [0.29, 0.717) is 29.4 Å². The van der Waals surface area contributed by atoms with E-state index < -0.39 is 0 Å². The highest BCUT2D eigenvalue weighted by Gasteiger charge is 2.05. The third kappa shape index (κ3) is 2.12. The van der Waals surface area contributed by atoms with E-state index in [0.717, 1.165) is 0 Å². The first-order valence-electron chi connectivity index (χ1n) is 4.04. The fourth-order valence-electron chi connectivity index (χ4n) is 1.20. The van der Waals surface area contributed by atoms with Gasteiger partial charge in [0.05, 0.1) is 0 Å². The molecule has 0 aliphatic heterocycles. The fourth-order valence-corrected chi connectivity index (χ4v) is 1.20. The molecule has 1 aromatic rings. The maximum Gasteiger partial charge on any atom is 0.150 e. The zero-order chi connectivity index (χ0) is 9.84. The third-order valence-corrected chi connectivity index (χ3v) is 1.93. The van der Waals surface area contributed by atoms with E-state index in [-0.39, 0.29) is 12.4 Å². The van der Waals surface area contributed by atoms with Gasteiger partial charge in [-0.25, -0.2) is 4.39 Å². The molecule has 0 aliphatic rings. The Kier molecular flexibility index (Phi) is 3.14. The minimum Gasteiger partial charge on any atom is -0.396 e. The summed E-state index contributed by atoms with van der Waals surface area (Å²) < 4.78 is 13.0. The average Bonchev–Trinajstić information content (AvgIpc) is 2.11. The van der Waals surface area contributed by atoms with Crippen molar-refractivity contribution in [3.63, 3.8) is 0 Å². The molecule has 1 aromatic carbocycles. The van der Waals surface area contributed by atoms with E-state index in [1.807, 2.05) is 0 Å². The molecule has 0 unspecified atom stereocenters. The molecule has 1 rings (SSSR count). The minimum atomic E-state index is -0.385. The summed E-state index contributed by atoms with van der Waals surface area (Å²) >= 11 is 0. The lowest BCUT2D eigenvalue weighted by atomic mass is 10.0. The first kappa shape index (κ1) is 9.86. The number of hydrogen-bond acceptors (Lipinski definition) is 2. The topological polar surface area (TPSA) is 37.3 Å². The van der Waals surface area contributed by atoms with E-state index in [4.69, 9.17) is 5.11 Å². The van der Waals surface area contributed by atoms with Gasteiger partial charge in [0, 0.05) is 12.2 Å². The van der Waals surface area contributed by atoms with Gasteiger partial charge < -0.3 is 5.11 Å². The average molecular weight is 182 g/mol. The Morgan fingerprint density at radius 1 is 1.54 bits per heavy atom. The molecular weight excluding hydrogens is 171 g/mol. The second-order valence-electron chi connectivity index (χ2n) is 2.89. The minimum absolute atomic E-state index is 0.0358. The first-order valence-corrected chi connectivity index (χ1v) is 4.04. The highest BCUT2D eigenvalue weighted by atomic mass is 19.1. The Morgan fingerprint density at radius 3 is 2.77 bits per heavy atom. The van der Waals surface area contributed by atoms with Crippen LogP contribution in [0.2, 0.25) is 0 Å². The van der Waals surface area contributed by atoms with Crippen LogP contribution in [0.3, 0.4) is 0 Å². The summed E-state index contributed by atoms with van der Waals surface area (Å²) in [7, 11) is 0. The van der Waals surface area contributed by atoms with Crippen LogP contribution in [0.15, 0.2) is 12.1 Å². The highest BCUT2D eigenvalue weighted by Crippen LogP contribution is 2.14. The predicted molar refractivity (Wildman–Crippen MR) is 47.3 cm³/mol. The fraction of sp³-hybridized carbons (Fsp3) is 0.300. The van der Waals surface area contributed by atoms with Crippen LogP contribution in [0.25, 0.3) is 0 Å². The van der Waals surface area contributed by atoms with Gasteiger partial charge in [0.25, 0.3) is 0 Å². The quantitative estimate of drug-likeness (QED) is 0.719. The molecule has 0 radical (unpaired) electrons. The molecule has 3 heteroatoms. The molecule has 0 amide bonds. The van der Waals surface area contributed by atoms with E-state index in [1.165, 1.54) is 6.07 Å². The van der Waals surface area contributed by atoms with Gasteiger partial charge in [-0.3, -0.25) is 4.79 Å². The van der Waals surface area contributed by atoms with Crippen molar-refractivity contribution in [2.24, 2.45) is 0 Å². The van der Waals surface area contributed by atoms with Gasteiger partial charge in [0.1, 0.15) is 12.1 Å². The summed E-state index contributed by atoms with van der Waals surface area (Å²) in [6.07, 6.45) is 0.989. The maximum absolute atomic E-state index is 13.0. The number of hydrogen-bond donors (Lipinski definition) is 1. The van der Waals surface area contributed by atoms with Crippen LogP contribution in [0.5, 0.6) is 0 Å². The van der Waals surface area contributed by atoms with Crippen molar-refractivity contribution in [2.45, 2.75) is 13.3 Å². The number of aldehydes is 1. The Labute approximate surface area is 76.0 Å². The number of aryl methyl sites for hydroxylation is 1. The second kappa shape index (κ2) is 4.14. The largest absolute Gasteiger partial charge is 0.396 e. The molecule has 0 fully saturated rings. The number of benzene rings is 1. The highest BCUT2D eigenvalue weighted by molar-refractivity contribution is 5.77. The lowest BCUT2D eigenvalue weighted by Crippen LogP contribution is -1.99. The number of carbonyl (C=O) groups is 1. The Bertz CT molecular complexity index is 321. The SMILES string of the molecule is Cc1cc(CCO)c(C=O)cc1F. The molecular formula is C10H11FO2. The summed E-state index contributed by atoms with van der Waals surface area (Å²) in [5.74, 6) is -0.385. The summed E-state index contributed by atoms with van der Waals surface area (Å²) in [6, 6.07) is 2.79. The lowest BCUT2D eigenvalue weighted by Gasteiger charge is -2.05. The van der Waals surface area contributed by atoms with Crippen molar-refractivity contribution >= 4 is 6.29 Å². The number of carbonyl (C=O) groups excluding carboxylic acids is 1. The monoisotopic (exact) mass is 182 g/mol. The summed E-state index contributed by atoms with van der Waals surface area (Å²) in [6.45, 7) is 1.59. The van der Waals surface area contributed by atoms with Gasteiger partial charge >= 0.3 is 0 Å². The standard InChI is InChI=1S/C10H11FO2/c1-7-4-8(2-3-12)9(6-13)5-10(7)11/h4-6,12H,2-3H2,1H3. The van der Waals surface area contributed by atoms with Gasteiger partial charge in [0.2, 0.25) is 0 Å². The lowest BCUT2D eigenvalue weighted by molar-refractivity contribution is 0.112. The first-order chi connectivity index (χ1) is 6.19. The number of aliphatic hydroxyl groups excluding tert-OH is 1. The van der Waals surface area contributed by atoms with Crippen LogP contribution in [-0.4, -0.2) is 18.0 Å². The van der Waals surface area contributed by atoms with Gasteiger partial charge in [-0.1, -0.05) is 6.07 Å². The molecule has 1 N–H and O–H groups in total. The van der Waals surface area contributed by atoms with Gasteiger partial charge in [0.15, 0.2) is 0 Å². The van der Waals surface area contributed by atoms with Crippen molar-refractivity contribution in [1.82, 2.24) is 0 Å². The van der Waals surface area contributed by atoms with Crippen molar-refractivity contribution in [2.75, 3.05) is 6.61 Å². The summed E-state index contributed by atoms with van der Waals surface area (Å²) in [5, 5.41) is 8.69. The van der Waals surface area contributed by atoms with Crippen LogP contribution < -0.4 is 0 Å². The van der Waals surface area contributed by atoms with E-state index in [9.17, 15) is 9.18 Å². The Morgan fingerprint density at radius 2 is 2.23 bits per heavy atom. The van der Waals surface area contributed by atoms with Crippen LogP contribution in [0.1, 0.15) is 21.5 Å². The Balaban J connectivity index is 3.16. The van der Waals surface area contributed by atoms with Crippen molar-refractivity contribution in [3.8, 4) is 0 Å². The normalized spacial score (nSPS) is 10.1. The Hall–Kier alpha value is -1.22. The van der Waals surface area contributed by atoms with Crippen molar-refractivity contribution < 1.29 is 14.3 Å². The van der Waals surface area contributed by atoms with Crippen molar-refractivity contribution in [1.29, 1.82) is 0 Å². The molecule has 13 heavy (non-hydrogen) atoms. The molecule has 0 aromatic heterocycles. The summed E-state index contributed by atoms with van der Waals surface area (Å²) in [5.41, 5.74) is 1.50. The third-order valence-electron chi connectivity index (χ3n) is 1.93. The molecule has 0 heterocycles. The van der Waals surface area contributed by atoms with Crippen LogP contribution in [-0.2, 0) is 6.42 Å². The number of halogens is 1. The zero-order valence-electron chi connectivity index (χ0n) is 7.38. The van der Waals surface area contributed by atoms with Gasteiger partial charge in [-0.05, 0) is 30.5 Å². The molecule has 0 saturated heterocycles. The van der Waals surface area contributed by atoms with Crippen molar-refractivity contribution in [3.05, 3.63) is 34.6 Å².